The Morgan fingerprint density at radius 1 is 1.22 bits per heavy atom. The average molecular weight is 253 g/mol. The Morgan fingerprint density at radius 2 is 1.72 bits per heavy atom. The summed E-state index contributed by atoms with van der Waals surface area (Å²) >= 11 is 0. The van der Waals surface area contributed by atoms with Crippen LogP contribution in [0.3, 0.4) is 0 Å². The number of hydrogen-bond donors (Lipinski definition) is 2. The molecule has 0 saturated carbocycles. The van der Waals surface area contributed by atoms with Gasteiger partial charge in [-0.1, -0.05) is 6.92 Å². The number of benzene rings is 1. The van der Waals surface area contributed by atoms with E-state index in [-0.39, 0.29) is 13.0 Å². The topological polar surface area (TPSA) is 81.8 Å². The molecule has 0 radical (unpaired) electrons. The highest BCUT2D eigenvalue weighted by molar-refractivity contribution is 5.72. The predicted octanol–water partition coefficient (Wildman–Crippen LogP) is 1.66. The smallest absolute Gasteiger partial charge is 0.320 e. The minimum Gasteiger partial charge on any atom is -0.494 e. The minimum absolute atomic E-state index is 0.280. The maximum absolute atomic E-state index is 10.5. The van der Waals surface area contributed by atoms with Gasteiger partial charge in [-0.05, 0) is 30.7 Å². The van der Waals surface area contributed by atoms with E-state index in [0.717, 1.165) is 12.2 Å². The first kappa shape index (κ1) is 14.3. The zero-order valence-corrected chi connectivity index (χ0v) is 10.5. The Morgan fingerprint density at radius 3 is 2.17 bits per heavy atom. The van der Waals surface area contributed by atoms with E-state index in [1.54, 1.807) is 12.1 Å². The Bertz CT molecular complexity index is 364. The van der Waals surface area contributed by atoms with Gasteiger partial charge in [0.15, 0.2) is 0 Å². The molecule has 0 spiro atoms. The molecule has 0 amide bonds. The van der Waals surface area contributed by atoms with Crippen molar-refractivity contribution in [2.24, 2.45) is 5.73 Å². The van der Waals surface area contributed by atoms with Gasteiger partial charge in [0, 0.05) is 6.42 Å². The molecule has 0 heterocycles. The summed E-state index contributed by atoms with van der Waals surface area (Å²) in [4.78, 5) is 10.5. The molecular formula is C13H19NO4. The van der Waals surface area contributed by atoms with Crippen molar-refractivity contribution in [3.8, 4) is 11.5 Å². The van der Waals surface area contributed by atoms with Crippen LogP contribution in [0.2, 0.25) is 0 Å². The highest BCUT2D eigenvalue weighted by Gasteiger charge is 2.10. The second kappa shape index (κ2) is 7.55. The van der Waals surface area contributed by atoms with E-state index in [0.29, 0.717) is 12.4 Å². The van der Waals surface area contributed by atoms with Gasteiger partial charge in [-0.3, -0.25) is 4.79 Å². The van der Waals surface area contributed by atoms with Crippen molar-refractivity contribution in [1.29, 1.82) is 0 Å². The SMILES string of the molecule is CCCOc1ccc(OCCC(N)C(=O)O)cc1. The summed E-state index contributed by atoms with van der Waals surface area (Å²) in [6.07, 6.45) is 1.24. The van der Waals surface area contributed by atoms with E-state index in [2.05, 4.69) is 0 Å². The highest BCUT2D eigenvalue weighted by Crippen LogP contribution is 2.17. The maximum atomic E-state index is 10.5. The fraction of sp³-hybridized carbons (Fsp3) is 0.462. The number of carboxylic acid groups (broad SMARTS) is 1. The summed E-state index contributed by atoms with van der Waals surface area (Å²) in [5.74, 6) is 0.463. The third kappa shape index (κ3) is 5.05. The fourth-order valence-corrected chi connectivity index (χ4v) is 1.28. The first-order chi connectivity index (χ1) is 8.63. The largest absolute Gasteiger partial charge is 0.494 e. The van der Waals surface area contributed by atoms with Crippen LogP contribution in [0, 0.1) is 0 Å². The summed E-state index contributed by atoms with van der Waals surface area (Å²) in [5, 5.41) is 8.60. The molecule has 18 heavy (non-hydrogen) atoms. The molecule has 1 unspecified atom stereocenters. The Hall–Kier alpha value is -1.75. The molecule has 0 aromatic heterocycles. The molecule has 5 heteroatoms. The van der Waals surface area contributed by atoms with Gasteiger partial charge in [-0.2, -0.15) is 0 Å². The van der Waals surface area contributed by atoms with Crippen molar-refractivity contribution in [3.05, 3.63) is 24.3 Å². The van der Waals surface area contributed by atoms with Crippen molar-refractivity contribution >= 4 is 5.97 Å². The van der Waals surface area contributed by atoms with E-state index in [4.69, 9.17) is 20.3 Å². The predicted molar refractivity (Wildman–Crippen MR) is 68.0 cm³/mol. The van der Waals surface area contributed by atoms with Gasteiger partial charge in [-0.15, -0.1) is 0 Å². The zero-order valence-electron chi connectivity index (χ0n) is 10.5. The summed E-state index contributed by atoms with van der Waals surface area (Å²) < 4.78 is 10.8. The van der Waals surface area contributed by atoms with Crippen molar-refractivity contribution in [2.75, 3.05) is 13.2 Å². The lowest BCUT2D eigenvalue weighted by Crippen LogP contribution is -2.31. The lowest BCUT2D eigenvalue weighted by molar-refractivity contribution is -0.138. The normalized spacial score (nSPS) is 11.9. The number of rotatable bonds is 8. The van der Waals surface area contributed by atoms with E-state index in [1.165, 1.54) is 0 Å². The molecule has 0 bridgehead atoms. The molecule has 1 atom stereocenters. The van der Waals surface area contributed by atoms with Crippen molar-refractivity contribution in [3.63, 3.8) is 0 Å². The second-order valence-electron chi connectivity index (χ2n) is 3.90. The molecule has 0 fully saturated rings. The number of hydrogen-bond acceptors (Lipinski definition) is 4. The highest BCUT2D eigenvalue weighted by atomic mass is 16.5. The van der Waals surface area contributed by atoms with Crippen LogP contribution in [0.25, 0.3) is 0 Å². The Balaban J connectivity index is 2.32. The van der Waals surface area contributed by atoms with E-state index in [1.807, 2.05) is 19.1 Å². The lowest BCUT2D eigenvalue weighted by Gasteiger charge is -2.09. The number of nitrogens with two attached hydrogens (primary N) is 1. The molecule has 1 rings (SSSR count). The fourth-order valence-electron chi connectivity index (χ4n) is 1.28. The van der Waals surface area contributed by atoms with E-state index in [9.17, 15) is 4.79 Å². The van der Waals surface area contributed by atoms with Gasteiger partial charge < -0.3 is 20.3 Å². The van der Waals surface area contributed by atoms with Crippen LogP contribution >= 0.6 is 0 Å². The average Bonchev–Trinajstić information content (AvgIpc) is 2.37. The van der Waals surface area contributed by atoms with Gasteiger partial charge in [-0.25, -0.2) is 0 Å². The number of aliphatic carboxylic acids is 1. The molecule has 5 nitrogen and oxygen atoms in total. The molecule has 1 aromatic rings. The molecule has 0 aliphatic carbocycles. The molecule has 3 N–H and O–H groups in total. The van der Waals surface area contributed by atoms with Gasteiger partial charge >= 0.3 is 5.97 Å². The third-order valence-corrected chi connectivity index (χ3v) is 2.31. The number of carbonyl (C=O) groups is 1. The summed E-state index contributed by atoms with van der Waals surface area (Å²) in [6, 6.07) is 6.34. The first-order valence-corrected chi connectivity index (χ1v) is 5.97. The Kier molecular flexibility index (Phi) is 6.00. The zero-order chi connectivity index (χ0) is 13.4. The van der Waals surface area contributed by atoms with Gasteiger partial charge in [0.2, 0.25) is 0 Å². The van der Waals surface area contributed by atoms with E-state index < -0.39 is 12.0 Å². The van der Waals surface area contributed by atoms with Crippen molar-refractivity contribution < 1.29 is 19.4 Å². The molecule has 0 saturated heterocycles. The van der Waals surface area contributed by atoms with Crippen molar-refractivity contribution in [1.82, 2.24) is 0 Å². The summed E-state index contributed by atoms with van der Waals surface area (Å²) in [6.45, 7) is 3.01. The number of carboxylic acids is 1. The van der Waals surface area contributed by atoms with Crippen LogP contribution in [0.1, 0.15) is 19.8 Å². The maximum Gasteiger partial charge on any atom is 0.320 e. The van der Waals surface area contributed by atoms with Gasteiger partial charge in [0.1, 0.15) is 17.5 Å². The van der Waals surface area contributed by atoms with E-state index >= 15 is 0 Å². The van der Waals surface area contributed by atoms with Crippen LogP contribution in [0.15, 0.2) is 24.3 Å². The van der Waals surface area contributed by atoms with Crippen LogP contribution in [0.5, 0.6) is 11.5 Å². The van der Waals surface area contributed by atoms with Crippen LogP contribution < -0.4 is 15.2 Å². The summed E-state index contributed by atoms with van der Waals surface area (Å²) in [5.41, 5.74) is 5.36. The lowest BCUT2D eigenvalue weighted by atomic mass is 10.2. The third-order valence-electron chi connectivity index (χ3n) is 2.31. The van der Waals surface area contributed by atoms with Crippen LogP contribution in [-0.2, 0) is 4.79 Å². The molecule has 0 aliphatic heterocycles. The van der Waals surface area contributed by atoms with Crippen LogP contribution in [0.4, 0.5) is 0 Å². The molecular weight excluding hydrogens is 234 g/mol. The molecule has 1 aromatic carbocycles. The van der Waals surface area contributed by atoms with Gasteiger partial charge in [0.25, 0.3) is 0 Å². The Labute approximate surface area is 107 Å². The number of ether oxygens (including phenoxy) is 2. The standard InChI is InChI=1S/C13H19NO4/c1-2-8-17-10-3-5-11(6-4-10)18-9-7-12(14)13(15)16/h3-6,12H,2,7-9,14H2,1H3,(H,15,16). The molecule has 0 aliphatic rings. The van der Waals surface area contributed by atoms with Crippen molar-refractivity contribution in [2.45, 2.75) is 25.8 Å². The minimum atomic E-state index is -1.01. The summed E-state index contributed by atoms with van der Waals surface area (Å²) in [7, 11) is 0. The van der Waals surface area contributed by atoms with Crippen LogP contribution in [-0.4, -0.2) is 30.3 Å². The second-order valence-corrected chi connectivity index (χ2v) is 3.90. The monoisotopic (exact) mass is 253 g/mol. The quantitative estimate of drug-likeness (QED) is 0.736. The molecule has 100 valence electrons. The van der Waals surface area contributed by atoms with Gasteiger partial charge in [0.05, 0.1) is 13.2 Å². The first-order valence-electron chi connectivity index (χ1n) is 5.97.